The molecule has 0 aliphatic heterocycles. The van der Waals surface area contributed by atoms with Crippen molar-refractivity contribution in [2.75, 3.05) is 5.32 Å². The normalized spacial score (nSPS) is 12.2. The Bertz CT molecular complexity index is 560. The van der Waals surface area contributed by atoms with Gasteiger partial charge in [-0.3, -0.25) is 9.97 Å². The molecule has 1 heterocycles. The lowest BCUT2D eigenvalue weighted by Crippen LogP contribution is -2.11. The summed E-state index contributed by atoms with van der Waals surface area (Å²) in [7, 11) is 0. The van der Waals surface area contributed by atoms with Gasteiger partial charge in [0, 0.05) is 16.9 Å². The molecule has 1 N–H and O–H groups in total. The summed E-state index contributed by atoms with van der Waals surface area (Å²) in [4.78, 5) is 8.58. The van der Waals surface area contributed by atoms with Crippen LogP contribution in [0.5, 0.6) is 0 Å². The predicted octanol–water partition coefficient (Wildman–Crippen LogP) is 4.37. The Kier molecular flexibility index (Phi) is 4.19. The summed E-state index contributed by atoms with van der Waals surface area (Å²) in [6.07, 6.45) is 3.39. The highest BCUT2D eigenvalue weighted by atomic mass is 79.9. The molecule has 94 valence electrons. The Morgan fingerprint density at radius 2 is 2.00 bits per heavy atom. The maximum atomic E-state index is 6.15. The first-order valence-corrected chi connectivity index (χ1v) is 6.74. The van der Waals surface area contributed by atoms with Crippen molar-refractivity contribution in [2.45, 2.75) is 19.9 Å². The molecule has 0 amide bonds. The molecule has 0 saturated heterocycles. The van der Waals surface area contributed by atoms with E-state index in [1.54, 1.807) is 12.4 Å². The van der Waals surface area contributed by atoms with Crippen molar-refractivity contribution in [1.82, 2.24) is 9.97 Å². The number of nitrogens with zero attached hydrogens (tertiary/aromatic N) is 2. The van der Waals surface area contributed by atoms with Crippen LogP contribution in [0.3, 0.4) is 0 Å². The summed E-state index contributed by atoms with van der Waals surface area (Å²) in [5.74, 6) is 0. The van der Waals surface area contributed by atoms with E-state index < -0.39 is 0 Å². The summed E-state index contributed by atoms with van der Waals surface area (Å²) in [6.45, 7) is 3.98. The Balaban J connectivity index is 2.24. The van der Waals surface area contributed by atoms with Crippen LogP contribution in [0, 0.1) is 6.92 Å². The molecule has 5 heteroatoms. The molecule has 0 spiro atoms. The van der Waals surface area contributed by atoms with Gasteiger partial charge in [-0.1, -0.05) is 27.5 Å². The largest absolute Gasteiger partial charge is 0.376 e. The third-order valence-corrected chi connectivity index (χ3v) is 3.45. The number of nitrogens with one attached hydrogen (secondary N) is 1. The lowest BCUT2D eigenvalue weighted by atomic mass is 10.1. The number of halogens is 2. The average molecular weight is 327 g/mol. The number of rotatable bonds is 3. The fourth-order valence-corrected chi connectivity index (χ4v) is 2.29. The first kappa shape index (κ1) is 13.3. The number of hydrogen-bond acceptors (Lipinski definition) is 3. The first-order valence-electron chi connectivity index (χ1n) is 5.57. The van der Waals surface area contributed by atoms with Crippen molar-refractivity contribution in [3.8, 4) is 0 Å². The van der Waals surface area contributed by atoms with Crippen LogP contribution in [0.2, 0.25) is 5.02 Å². The van der Waals surface area contributed by atoms with Gasteiger partial charge in [-0.05, 0) is 32.0 Å². The Morgan fingerprint density at radius 3 is 2.72 bits per heavy atom. The lowest BCUT2D eigenvalue weighted by Gasteiger charge is -2.17. The van der Waals surface area contributed by atoms with Crippen molar-refractivity contribution < 1.29 is 0 Å². The zero-order chi connectivity index (χ0) is 13.1. The second-order valence-electron chi connectivity index (χ2n) is 4.02. The fourth-order valence-electron chi connectivity index (χ4n) is 1.75. The number of benzene rings is 1. The molecular weight excluding hydrogens is 314 g/mol. The third kappa shape index (κ3) is 3.00. The van der Waals surface area contributed by atoms with E-state index in [0.717, 1.165) is 21.5 Å². The molecule has 1 unspecified atom stereocenters. The molecule has 18 heavy (non-hydrogen) atoms. The SMILES string of the molecule is Cc1nccnc1C(C)Nc1cc(Br)ccc1Cl. The van der Waals surface area contributed by atoms with Crippen LogP contribution in [0.15, 0.2) is 35.1 Å². The van der Waals surface area contributed by atoms with Gasteiger partial charge in [-0.25, -0.2) is 0 Å². The van der Waals surface area contributed by atoms with Crippen LogP contribution >= 0.6 is 27.5 Å². The second-order valence-corrected chi connectivity index (χ2v) is 5.34. The van der Waals surface area contributed by atoms with Crippen molar-refractivity contribution in [3.05, 3.63) is 51.5 Å². The van der Waals surface area contributed by atoms with Gasteiger partial charge in [-0.15, -0.1) is 0 Å². The monoisotopic (exact) mass is 325 g/mol. The molecule has 0 saturated carbocycles. The number of aromatic nitrogens is 2. The highest BCUT2D eigenvalue weighted by molar-refractivity contribution is 9.10. The molecule has 3 nitrogen and oxygen atoms in total. The number of anilines is 1. The van der Waals surface area contributed by atoms with Gasteiger partial charge in [-0.2, -0.15) is 0 Å². The van der Waals surface area contributed by atoms with E-state index in [4.69, 9.17) is 11.6 Å². The summed E-state index contributed by atoms with van der Waals surface area (Å²) < 4.78 is 0.984. The van der Waals surface area contributed by atoms with Gasteiger partial charge < -0.3 is 5.32 Å². The molecule has 0 bridgehead atoms. The third-order valence-electron chi connectivity index (χ3n) is 2.63. The molecule has 0 radical (unpaired) electrons. The molecule has 2 aromatic rings. The maximum absolute atomic E-state index is 6.15. The zero-order valence-electron chi connectivity index (χ0n) is 10.1. The lowest BCUT2D eigenvalue weighted by molar-refractivity contribution is 0.810. The van der Waals surface area contributed by atoms with Crippen LogP contribution < -0.4 is 5.32 Å². The van der Waals surface area contributed by atoms with E-state index in [0.29, 0.717) is 5.02 Å². The summed E-state index contributed by atoms with van der Waals surface area (Å²) in [6, 6.07) is 5.76. The van der Waals surface area contributed by atoms with E-state index in [1.807, 2.05) is 32.0 Å². The van der Waals surface area contributed by atoms with Crippen LogP contribution in [-0.2, 0) is 0 Å². The second kappa shape index (κ2) is 5.67. The minimum atomic E-state index is 0.0468. The quantitative estimate of drug-likeness (QED) is 0.910. The topological polar surface area (TPSA) is 37.8 Å². The summed E-state index contributed by atoms with van der Waals surface area (Å²) in [5.41, 5.74) is 2.72. The summed E-state index contributed by atoms with van der Waals surface area (Å²) >= 11 is 9.58. The minimum absolute atomic E-state index is 0.0468. The Labute approximate surface area is 120 Å². The number of hydrogen-bond donors (Lipinski definition) is 1. The van der Waals surface area contributed by atoms with Crippen LogP contribution in [0.4, 0.5) is 5.69 Å². The van der Waals surface area contributed by atoms with Crippen molar-refractivity contribution in [3.63, 3.8) is 0 Å². The zero-order valence-corrected chi connectivity index (χ0v) is 12.5. The smallest absolute Gasteiger partial charge is 0.0835 e. The van der Waals surface area contributed by atoms with Gasteiger partial charge in [0.25, 0.3) is 0 Å². The molecule has 1 atom stereocenters. The summed E-state index contributed by atoms with van der Waals surface area (Å²) in [5, 5.41) is 4.03. The van der Waals surface area contributed by atoms with Crippen LogP contribution in [0.1, 0.15) is 24.4 Å². The Morgan fingerprint density at radius 1 is 1.28 bits per heavy atom. The maximum Gasteiger partial charge on any atom is 0.0835 e. The molecule has 1 aromatic heterocycles. The van der Waals surface area contributed by atoms with Crippen molar-refractivity contribution in [1.29, 1.82) is 0 Å². The van der Waals surface area contributed by atoms with Crippen LogP contribution in [0.25, 0.3) is 0 Å². The molecule has 0 aliphatic rings. The highest BCUT2D eigenvalue weighted by Gasteiger charge is 2.12. The molecule has 0 fully saturated rings. The molecule has 2 rings (SSSR count). The van der Waals surface area contributed by atoms with Gasteiger partial charge in [0.15, 0.2) is 0 Å². The van der Waals surface area contributed by atoms with E-state index >= 15 is 0 Å². The van der Waals surface area contributed by atoms with E-state index in [-0.39, 0.29) is 6.04 Å². The predicted molar refractivity (Wildman–Crippen MR) is 78.0 cm³/mol. The fraction of sp³-hybridized carbons (Fsp3) is 0.231. The minimum Gasteiger partial charge on any atom is -0.376 e. The van der Waals surface area contributed by atoms with Gasteiger partial charge in [0.1, 0.15) is 0 Å². The van der Waals surface area contributed by atoms with Gasteiger partial charge in [0.2, 0.25) is 0 Å². The molecular formula is C13H13BrClN3. The standard InChI is InChI=1S/C13H13BrClN3/c1-8-13(17-6-5-16-8)9(2)18-12-7-10(14)3-4-11(12)15/h3-7,9,18H,1-2H3. The first-order chi connectivity index (χ1) is 8.58. The highest BCUT2D eigenvalue weighted by Crippen LogP contribution is 2.29. The van der Waals surface area contributed by atoms with Gasteiger partial charge >= 0.3 is 0 Å². The van der Waals surface area contributed by atoms with Crippen molar-refractivity contribution in [2.24, 2.45) is 0 Å². The Hall–Kier alpha value is -1.13. The van der Waals surface area contributed by atoms with Crippen LogP contribution in [-0.4, -0.2) is 9.97 Å². The number of aryl methyl sites for hydroxylation is 1. The molecule has 0 aliphatic carbocycles. The average Bonchev–Trinajstić information content (AvgIpc) is 2.34. The van der Waals surface area contributed by atoms with E-state index in [1.165, 1.54) is 0 Å². The van der Waals surface area contributed by atoms with Crippen molar-refractivity contribution >= 4 is 33.2 Å². The molecule has 1 aromatic carbocycles. The van der Waals surface area contributed by atoms with E-state index in [2.05, 4.69) is 31.2 Å². The van der Waals surface area contributed by atoms with Gasteiger partial charge in [0.05, 0.1) is 28.1 Å². The van der Waals surface area contributed by atoms with E-state index in [9.17, 15) is 0 Å².